The number of hydrogen-bond acceptors (Lipinski definition) is 4. The van der Waals surface area contributed by atoms with Crippen molar-refractivity contribution in [3.8, 4) is 0 Å². The van der Waals surface area contributed by atoms with Crippen LogP contribution >= 0.6 is 11.8 Å². The van der Waals surface area contributed by atoms with Crippen LogP contribution in [-0.4, -0.2) is 37.4 Å². The lowest BCUT2D eigenvalue weighted by atomic mass is 9.96. The Labute approximate surface area is 151 Å². The largest absolute Gasteiger partial charge is 0.481 e. The highest BCUT2D eigenvalue weighted by Gasteiger charge is 2.31. The Kier molecular flexibility index (Phi) is 7.31. The Hall–Kier alpha value is -2.02. The molecule has 2 atom stereocenters. The van der Waals surface area contributed by atoms with E-state index in [-0.39, 0.29) is 11.7 Å². The molecule has 0 saturated carbocycles. The average Bonchev–Trinajstić information content (AvgIpc) is 2.97. The summed E-state index contributed by atoms with van der Waals surface area (Å²) in [4.78, 5) is 30.4. The van der Waals surface area contributed by atoms with Gasteiger partial charge >= 0.3 is 11.9 Å². The number of rotatable bonds is 11. The molecule has 0 radical (unpaired) electrons. The Morgan fingerprint density at radius 1 is 1.20 bits per heavy atom. The molecule has 2 rings (SSSR count). The number of carboxylic acids is 2. The van der Waals surface area contributed by atoms with Crippen molar-refractivity contribution in [2.75, 3.05) is 0 Å². The van der Waals surface area contributed by atoms with Crippen LogP contribution in [0.3, 0.4) is 0 Å². The van der Waals surface area contributed by atoms with Crippen molar-refractivity contribution in [3.63, 3.8) is 0 Å². The number of fused-ring (bicyclic) bond motifs is 1. The van der Waals surface area contributed by atoms with E-state index in [9.17, 15) is 14.7 Å². The van der Waals surface area contributed by atoms with Gasteiger partial charge in [0.05, 0.1) is 23.4 Å². The molecule has 0 spiro atoms. The number of unbranched alkanes of at least 4 members (excludes halogenated alkanes) is 3. The number of thioether (sulfide) groups is 1. The fourth-order valence-electron chi connectivity index (χ4n) is 2.81. The molecule has 0 amide bonds. The first-order chi connectivity index (χ1) is 12.0. The summed E-state index contributed by atoms with van der Waals surface area (Å²) in [6.07, 6.45) is 4.38. The topological polar surface area (TPSA) is 103 Å². The molecule has 6 nitrogen and oxygen atoms in total. The summed E-state index contributed by atoms with van der Waals surface area (Å²) < 4.78 is 0. The molecule has 25 heavy (non-hydrogen) atoms. The number of hydrogen-bond donors (Lipinski definition) is 3. The Bertz CT molecular complexity index is 683. The molecular weight excluding hydrogens is 340 g/mol. The van der Waals surface area contributed by atoms with Gasteiger partial charge in [0.1, 0.15) is 0 Å². The van der Waals surface area contributed by atoms with Crippen LogP contribution in [0.4, 0.5) is 0 Å². The van der Waals surface area contributed by atoms with Crippen molar-refractivity contribution in [2.24, 2.45) is 5.92 Å². The third-order valence-electron chi connectivity index (χ3n) is 4.13. The number of benzene rings is 1. The minimum Gasteiger partial charge on any atom is -0.481 e. The van der Waals surface area contributed by atoms with Crippen molar-refractivity contribution >= 4 is 34.7 Å². The lowest BCUT2D eigenvalue weighted by Gasteiger charge is -2.21. The molecule has 2 unspecified atom stereocenters. The summed E-state index contributed by atoms with van der Waals surface area (Å²) in [6, 6.07) is 7.60. The summed E-state index contributed by atoms with van der Waals surface area (Å²) in [6.45, 7) is 2.12. The highest BCUT2D eigenvalue weighted by Crippen LogP contribution is 2.33. The van der Waals surface area contributed by atoms with E-state index >= 15 is 0 Å². The van der Waals surface area contributed by atoms with Gasteiger partial charge in [0.15, 0.2) is 5.16 Å². The van der Waals surface area contributed by atoms with E-state index in [1.54, 1.807) is 0 Å². The zero-order valence-electron chi connectivity index (χ0n) is 14.3. The maximum absolute atomic E-state index is 11.6. The van der Waals surface area contributed by atoms with Crippen LogP contribution in [0, 0.1) is 5.92 Å². The van der Waals surface area contributed by atoms with Crippen molar-refractivity contribution in [1.82, 2.24) is 9.97 Å². The number of imidazole rings is 1. The quantitative estimate of drug-likeness (QED) is 0.408. The van der Waals surface area contributed by atoms with Gasteiger partial charge in [0.25, 0.3) is 0 Å². The van der Waals surface area contributed by atoms with Gasteiger partial charge in [-0.1, -0.05) is 56.5 Å². The molecule has 1 heterocycles. The van der Waals surface area contributed by atoms with E-state index < -0.39 is 17.9 Å². The van der Waals surface area contributed by atoms with E-state index in [1.807, 2.05) is 24.3 Å². The Balaban J connectivity index is 2.16. The molecule has 7 heteroatoms. The molecule has 0 aliphatic carbocycles. The number of nitrogens with zero attached hydrogens (tertiary/aromatic N) is 1. The van der Waals surface area contributed by atoms with Gasteiger partial charge in [-0.15, -0.1) is 0 Å². The molecule has 0 aliphatic heterocycles. The van der Waals surface area contributed by atoms with Gasteiger partial charge in [-0.25, -0.2) is 4.98 Å². The lowest BCUT2D eigenvalue weighted by molar-refractivity contribution is -0.148. The van der Waals surface area contributed by atoms with Crippen LogP contribution < -0.4 is 0 Å². The SMILES string of the molecule is CCCCCCC(Sc1nc2ccccc2[nH]1)C(CC(=O)O)C(=O)O. The molecule has 2 aromatic rings. The fraction of sp³-hybridized carbons (Fsp3) is 0.500. The summed E-state index contributed by atoms with van der Waals surface area (Å²) in [5.74, 6) is -3.08. The predicted molar refractivity (Wildman–Crippen MR) is 97.9 cm³/mol. The van der Waals surface area contributed by atoms with Crippen molar-refractivity contribution in [1.29, 1.82) is 0 Å². The number of aromatic amines is 1. The molecule has 3 N–H and O–H groups in total. The molecule has 1 aromatic carbocycles. The Morgan fingerprint density at radius 3 is 2.60 bits per heavy atom. The number of para-hydroxylation sites is 2. The second-order valence-corrected chi connectivity index (χ2v) is 7.34. The smallest absolute Gasteiger partial charge is 0.308 e. The normalized spacial score (nSPS) is 13.6. The molecule has 136 valence electrons. The van der Waals surface area contributed by atoms with Crippen molar-refractivity contribution in [3.05, 3.63) is 24.3 Å². The minimum absolute atomic E-state index is 0.328. The first kappa shape index (κ1) is 19.3. The average molecular weight is 364 g/mol. The van der Waals surface area contributed by atoms with Crippen LogP contribution in [0.1, 0.15) is 45.4 Å². The van der Waals surface area contributed by atoms with E-state index in [2.05, 4.69) is 16.9 Å². The van der Waals surface area contributed by atoms with Crippen molar-refractivity contribution in [2.45, 2.75) is 55.9 Å². The highest BCUT2D eigenvalue weighted by atomic mass is 32.2. The number of aromatic nitrogens is 2. The lowest BCUT2D eigenvalue weighted by Crippen LogP contribution is -2.28. The zero-order valence-corrected chi connectivity index (χ0v) is 15.1. The van der Waals surface area contributed by atoms with E-state index in [4.69, 9.17) is 5.11 Å². The summed E-state index contributed by atoms with van der Waals surface area (Å²) in [7, 11) is 0. The third kappa shape index (κ3) is 5.77. The van der Waals surface area contributed by atoms with Crippen LogP contribution in [0.15, 0.2) is 29.4 Å². The maximum Gasteiger partial charge on any atom is 0.308 e. The number of aliphatic carboxylic acids is 2. The third-order valence-corrected chi connectivity index (χ3v) is 5.42. The van der Waals surface area contributed by atoms with Crippen LogP contribution in [0.25, 0.3) is 11.0 Å². The molecule has 0 fully saturated rings. The van der Waals surface area contributed by atoms with E-state index in [0.717, 1.165) is 36.7 Å². The number of nitrogens with one attached hydrogen (secondary N) is 1. The zero-order chi connectivity index (χ0) is 18.2. The van der Waals surface area contributed by atoms with Crippen LogP contribution in [0.5, 0.6) is 0 Å². The first-order valence-electron chi connectivity index (χ1n) is 8.57. The standard InChI is InChI=1S/C18H24N2O4S/c1-2-3-4-5-10-15(12(17(23)24)11-16(21)22)25-18-19-13-8-6-7-9-14(13)20-18/h6-9,12,15H,2-5,10-11H2,1H3,(H,19,20)(H,21,22)(H,23,24). The van der Waals surface area contributed by atoms with Gasteiger partial charge in [-0.2, -0.15) is 0 Å². The monoisotopic (exact) mass is 364 g/mol. The maximum atomic E-state index is 11.6. The van der Waals surface area contributed by atoms with Gasteiger partial charge in [0, 0.05) is 5.25 Å². The predicted octanol–water partition coefficient (Wildman–Crippen LogP) is 4.17. The van der Waals surface area contributed by atoms with Gasteiger partial charge in [-0.3, -0.25) is 9.59 Å². The Morgan fingerprint density at radius 2 is 1.96 bits per heavy atom. The summed E-state index contributed by atoms with van der Waals surface area (Å²) >= 11 is 1.34. The van der Waals surface area contributed by atoms with Gasteiger partial charge < -0.3 is 15.2 Å². The first-order valence-corrected chi connectivity index (χ1v) is 9.45. The second kappa shape index (κ2) is 9.46. The number of H-pyrrole nitrogens is 1. The highest BCUT2D eigenvalue weighted by molar-refractivity contribution is 7.99. The molecular formula is C18H24N2O4S. The van der Waals surface area contributed by atoms with Gasteiger partial charge in [0.2, 0.25) is 0 Å². The molecule has 0 saturated heterocycles. The number of carboxylic acid groups (broad SMARTS) is 2. The van der Waals surface area contributed by atoms with Gasteiger partial charge in [-0.05, 0) is 18.6 Å². The van der Waals surface area contributed by atoms with E-state index in [1.165, 1.54) is 11.8 Å². The van der Waals surface area contributed by atoms with Crippen LogP contribution in [-0.2, 0) is 9.59 Å². The fourth-order valence-corrected chi connectivity index (χ4v) is 4.08. The molecule has 0 aliphatic rings. The second-order valence-electron chi connectivity index (χ2n) is 6.11. The minimum atomic E-state index is -1.09. The molecule has 0 bridgehead atoms. The van der Waals surface area contributed by atoms with E-state index in [0.29, 0.717) is 11.6 Å². The summed E-state index contributed by atoms with van der Waals surface area (Å²) in [5.41, 5.74) is 1.71. The summed E-state index contributed by atoms with van der Waals surface area (Å²) in [5, 5.41) is 18.9. The molecule has 1 aromatic heterocycles. The number of carbonyl (C=O) groups is 2. The van der Waals surface area contributed by atoms with Crippen molar-refractivity contribution < 1.29 is 19.8 Å². The van der Waals surface area contributed by atoms with Crippen LogP contribution in [0.2, 0.25) is 0 Å².